The van der Waals surface area contributed by atoms with Gasteiger partial charge in [0.1, 0.15) is 18.3 Å². The van der Waals surface area contributed by atoms with Crippen LogP contribution in [0.1, 0.15) is 0 Å². The summed E-state index contributed by atoms with van der Waals surface area (Å²) in [5.74, 6) is -0.243. The van der Waals surface area contributed by atoms with E-state index < -0.39 is 0 Å². The van der Waals surface area contributed by atoms with Crippen molar-refractivity contribution in [2.24, 2.45) is 7.05 Å². The molecule has 1 N–H and O–H groups in total. The number of hydrogen-bond acceptors (Lipinski definition) is 4. The number of nitrogens with zero attached hydrogens (tertiary/aromatic N) is 4. The maximum absolute atomic E-state index is 11.9. The molecule has 0 saturated heterocycles. The zero-order valence-electron chi connectivity index (χ0n) is 8.97. The highest BCUT2D eigenvalue weighted by molar-refractivity contribution is 5.76. The normalized spacial score (nSPS) is 10.6. The van der Waals surface area contributed by atoms with Gasteiger partial charge in [0, 0.05) is 14.1 Å². The molecular weight excluding hydrogens is 210 g/mol. The SMILES string of the molecule is CNC(=O)Cn1cnc2c(cnn2C)c1=O. The van der Waals surface area contributed by atoms with E-state index in [2.05, 4.69) is 15.4 Å². The second kappa shape index (κ2) is 3.76. The number of rotatable bonds is 2. The van der Waals surface area contributed by atoms with Gasteiger partial charge >= 0.3 is 0 Å². The fourth-order valence-corrected chi connectivity index (χ4v) is 1.41. The number of likely N-dealkylation sites (N-methyl/N-ethyl adjacent to an activating group) is 1. The summed E-state index contributed by atoms with van der Waals surface area (Å²) in [5.41, 5.74) is 0.250. The van der Waals surface area contributed by atoms with Crippen LogP contribution in [0.15, 0.2) is 17.3 Å². The van der Waals surface area contributed by atoms with E-state index in [4.69, 9.17) is 0 Å². The van der Waals surface area contributed by atoms with Gasteiger partial charge in [-0.15, -0.1) is 0 Å². The van der Waals surface area contributed by atoms with Crippen molar-refractivity contribution < 1.29 is 4.79 Å². The molecular formula is C9H11N5O2. The van der Waals surface area contributed by atoms with Gasteiger partial charge in [0.05, 0.1) is 6.20 Å². The molecule has 2 heterocycles. The largest absolute Gasteiger partial charge is 0.358 e. The van der Waals surface area contributed by atoms with Gasteiger partial charge in [-0.05, 0) is 0 Å². The minimum atomic E-state index is -0.262. The number of hydrogen-bond donors (Lipinski definition) is 1. The predicted molar refractivity (Wildman–Crippen MR) is 56.8 cm³/mol. The van der Waals surface area contributed by atoms with Crippen LogP contribution in [0.2, 0.25) is 0 Å². The average molecular weight is 221 g/mol. The molecule has 7 nitrogen and oxygen atoms in total. The topological polar surface area (TPSA) is 81.8 Å². The Morgan fingerprint density at radius 3 is 3.00 bits per heavy atom. The molecule has 16 heavy (non-hydrogen) atoms. The van der Waals surface area contributed by atoms with Gasteiger partial charge in [-0.2, -0.15) is 5.10 Å². The fourth-order valence-electron chi connectivity index (χ4n) is 1.41. The van der Waals surface area contributed by atoms with Gasteiger partial charge in [-0.1, -0.05) is 0 Å². The highest BCUT2D eigenvalue weighted by Crippen LogP contribution is 2.02. The molecule has 0 bridgehead atoms. The first kappa shape index (κ1) is 10.3. The Hall–Kier alpha value is -2.18. The van der Waals surface area contributed by atoms with E-state index in [1.54, 1.807) is 7.05 Å². The maximum atomic E-state index is 11.9. The maximum Gasteiger partial charge on any atom is 0.264 e. The van der Waals surface area contributed by atoms with Gasteiger partial charge in [0.25, 0.3) is 5.56 Å². The molecule has 0 spiro atoms. The van der Waals surface area contributed by atoms with Gasteiger partial charge < -0.3 is 5.32 Å². The quantitative estimate of drug-likeness (QED) is 0.696. The van der Waals surface area contributed by atoms with E-state index in [9.17, 15) is 9.59 Å². The number of amides is 1. The molecule has 0 saturated carbocycles. The van der Waals surface area contributed by atoms with Crippen molar-refractivity contribution >= 4 is 16.9 Å². The Kier molecular flexibility index (Phi) is 2.43. The molecule has 2 rings (SSSR count). The van der Waals surface area contributed by atoms with Gasteiger partial charge in [0.15, 0.2) is 5.65 Å². The Bertz CT molecular complexity index is 597. The molecule has 2 aromatic rings. The van der Waals surface area contributed by atoms with Gasteiger partial charge in [-0.3, -0.25) is 18.8 Å². The monoisotopic (exact) mass is 221 g/mol. The summed E-state index contributed by atoms with van der Waals surface area (Å²) < 4.78 is 2.77. The number of aromatic nitrogens is 4. The standard InChI is InChI=1S/C9H11N5O2/c1-10-7(15)4-14-5-11-8-6(9(14)16)3-12-13(8)2/h3,5H,4H2,1-2H3,(H,10,15). The lowest BCUT2D eigenvalue weighted by atomic mass is 10.4. The lowest BCUT2D eigenvalue weighted by Gasteiger charge is -2.03. The van der Waals surface area contributed by atoms with E-state index in [0.29, 0.717) is 11.0 Å². The smallest absolute Gasteiger partial charge is 0.264 e. The third-order valence-corrected chi connectivity index (χ3v) is 2.31. The van der Waals surface area contributed by atoms with Crippen molar-refractivity contribution in [2.75, 3.05) is 7.05 Å². The number of carbonyl (C=O) groups is 1. The summed E-state index contributed by atoms with van der Waals surface area (Å²) in [6.07, 6.45) is 2.80. The van der Waals surface area contributed by atoms with E-state index in [0.717, 1.165) is 0 Å². The summed E-state index contributed by atoms with van der Waals surface area (Å²) in [5, 5.41) is 6.79. The van der Waals surface area contributed by atoms with Gasteiger partial charge in [-0.25, -0.2) is 4.98 Å². The van der Waals surface area contributed by atoms with Crippen molar-refractivity contribution in [2.45, 2.75) is 6.54 Å². The van der Waals surface area contributed by atoms with Crippen LogP contribution in [-0.2, 0) is 18.4 Å². The molecule has 2 aromatic heterocycles. The summed E-state index contributed by atoms with van der Waals surface area (Å²) in [7, 11) is 3.22. The molecule has 0 unspecified atom stereocenters. The van der Waals surface area contributed by atoms with Crippen LogP contribution in [0.25, 0.3) is 11.0 Å². The number of fused-ring (bicyclic) bond motifs is 1. The summed E-state index contributed by atoms with van der Waals surface area (Å²) in [6, 6.07) is 0. The van der Waals surface area contributed by atoms with Crippen LogP contribution in [-0.4, -0.2) is 32.3 Å². The van der Waals surface area contributed by atoms with Crippen LogP contribution in [0.5, 0.6) is 0 Å². The Balaban J connectivity index is 2.53. The fraction of sp³-hybridized carbons (Fsp3) is 0.333. The van der Waals surface area contributed by atoms with Crippen molar-refractivity contribution in [3.8, 4) is 0 Å². The number of nitrogens with one attached hydrogen (secondary N) is 1. The van der Waals surface area contributed by atoms with Gasteiger partial charge in [0.2, 0.25) is 5.91 Å². The highest BCUT2D eigenvalue weighted by atomic mass is 16.2. The summed E-state index contributed by atoms with van der Waals surface area (Å²) >= 11 is 0. The van der Waals surface area contributed by atoms with E-state index in [1.165, 1.54) is 28.8 Å². The van der Waals surface area contributed by atoms with E-state index in [1.807, 2.05) is 0 Å². The summed E-state index contributed by atoms with van der Waals surface area (Å²) in [4.78, 5) is 27.1. The van der Waals surface area contributed by atoms with Crippen molar-refractivity contribution in [3.63, 3.8) is 0 Å². The van der Waals surface area contributed by atoms with Crippen LogP contribution in [0.4, 0.5) is 0 Å². The Morgan fingerprint density at radius 1 is 1.56 bits per heavy atom. The molecule has 0 aromatic carbocycles. The van der Waals surface area contributed by atoms with Crippen molar-refractivity contribution in [3.05, 3.63) is 22.9 Å². The first-order chi connectivity index (χ1) is 7.63. The molecule has 1 amide bonds. The molecule has 0 fully saturated rings. The third kappa shape index (κ3) is 1.56. The van der Waals surface area contributed by atoms with Crippen LogP contribution >= 0.6 is 0 Å². The minimum absolute atomic E-state index is 0.0346. The second-order valence-corrected chi connectivity index (χ2v) is 3.36. The first-order valence-electron chi connectivity index (χ1n) is 4.71. The second-order valence-electron chi connectivity index (χ2n) is 3.36. The minimum Gasteiger partial charge on any atom is -0.358 e. The van der Waals surface area contributed by atoms with Crippen LogP contribution in [0, 0.1) is 0 Å². The molecule has 84 valence electrons. The average Bonchev–Trinajstić information content (AvgIpc) is 2.65. The van der Waals surface area contributed by atoms with E-state index >= 15 is 0 Å². The number of aryl methyl sites for hydroxylation is 1. The molecule has 0 aliphatic rings. The van der Waals surface area contributed by atoms with Crippen molar-refractivity contribution in [1.29, 1.82) is 0 Å². The molecule has 0 aliphatic heterocycles. The molecule has 7 heteroatoms. The lowest BCUT2D eigenvalue weighted by molar-refractivity contribution is -0.121. The van der Waals surface area contributed by atoms with Crippen LogP contribution < -0.4 is 10.9 Å². The van der Waals surface area contributed by atoms with E-state index in [-0.39, 0.29) is 18.0 Å². The predicted octanol–water partition coefficient (Wildman–Crippen LogP) is -1.12. The highest BCUT2D eigenvalue weighted by Gasteiger charge is 2.09. The summed E-state index contributed by atoms with van der Waals surface area (Å²) in [6.45, 7) is -0.0346. The zero-order chi connectivity index (χ0) is 11.7. The number of carbonyl (C=O) groups excluding carboxylic acids is 1. The lowest BCUT2D eigenvalue weighted by Crippen LogP contribution is -2.30. The molecule has 0 atom stereocenters. The molecule has 0 aliphatic carbocycles. The first-order valence-corrected chi connectivity index (χ1v) is 4.71. The van der Waals surface area contributed by atoms with Crippen molar-refractivity contribution in [1.82, 2.24) is 24.6 Å². The Morgan fingerprint density at radius 2 is 2.31 bits per heavy atom. The third-order valence-electron chi connectivity index (χ3n) is 2.31. The van der Waals surface area contributed by atoms with Crippen LogP contribution in [0.3, 0.4) is 0 Å². The zero-order valence-corrected chi connectivity index (χ0v) is 8.97. The Labute approximate surface area is 90.7 Å². The molecule has 0 radical (unpaired) electrons.